The zero-order chi connectivity index (χ0) is 24.9. The third-order valence-corrected chi connectivity index (χ3v) is 7.25. The van der Waals surface area contributed by atoms with Gasteiger partial charge in [0.2, 0.25) is 0 Å². The van der Waals surface area contributed by atoms with Crippen LogP contribution >= 0.6 is 0 Å². The average Bonchev–Trinajstić information content (AvgIpc) is 2.91. The van der Waals surface area contributed by atoms with Crippen molar-refractivity contribution in [3.8, 4) is 5.75 Å². The van der Waals surface area contributed by atoms with E-state index in [-0.39, 0.29) is 17.4 Å². The summed E-state index contributed by atoms with van der Waals surface area (Å²) in [6.07, 6.45) is 8.40. The summed E-state index contributed by atoms with van der Waals surface area (Å²) in [6.45, 7) is 3.93. The lowest BCUT2D eigenvalue weighted by atomic mass is 9.88. The number of aryl methyl sites for hydroxylation is 1. The maximum atomic E-state index is 13.9. The van der Waals surface area contributed by atoms with Crippen molar-refractivity contribution in [3.63, 3.8) is 0 Å². The van der Waals surface area contributed by atoms with Crippen LogP contribution in [0.4, 0.5) is 0 Å². The Balaban J connectivity index is 1.47. The molecule has 6 heteroatoms. The standard InChI is InChI=1S/C30H32N4O2/c1-22-19-27(35)28(30(36)34(22)21-26-9-5-6-14-32-26)29(25-10-15-31-16-11-25)33-17-12-24(13-18-33)20-23-7-3-2-4-8-23/h2-11,14-16,19,24,29,35H,12-13,17-18,20-21H2,1H3/t29-/m0/s1. The van der Waals surface area contributed by atoms with Gasteiger partial charge in [0, 0.05) is 24.3 Å². The van der Waals surface area contributed by atoms with Gasteiger partial charge in [-0.1, -0.05) is 36.4 Å². The predicted octanol–water partition coefficient (Wildman–Crippen LogP) is 4.74. The van der Waals surface area contributed by atoms with Gasteiger partial charge in [-0.3, -0.25) is 19.7 Å². The minimum absolute atomic E-state index is 0.0444. The highest BCUT2D eigenvalue weighted by molar-refractivity contribution is 5.41. The molecule has 0 saturated carbocycles. The molecule has 1 atom stereocenters. The van der Waals surface area contributed by atoms with E-state index in [2.05, 4.69) is 45.2 Å². The number of nitrogens with zero attached hydrogens (tertiary/aromatic N) is 4. The minimum atomic E-state index is -0.339. The zero-order valence-corrected chi connectivity index (χ0v) is 20.6. The van der Waals surface area contributed by atoms with E-state index in [0.717, 1.165) is 43.6 Å². The van der Waals surface area contributed by atoms with Crippen molar-refractivity contribution in [2.24, 2.45) is 5.92 Å². The second kappa shape index (κ2) is 10.9. The third-order valence-electron chi connectivity index (χ3n) is 7.25. The average molecular weight is 481 g/mol. The summed E-state index contributed by atoms with van der Waals surface area (Å²) in [5.74, 6) is 0.650. The first kappa shape index (κ1) is 23.9. The molecule has 0 amide bonds. The molecule has 0 radical (unpaired) electrons. The first-order valence-corrected chi connectivity index (χ1v) is 12.6. The lowest BCUT2D eigenvalue weighted by molar-refractivity contribution is 0.148. The molecule has 0 bridgehead atoms. The van der Waals surface area contributed by atoms with Gasteiger partial charge < -0.3 is 9.67 Å². The van der Waals surface area contributed by atoms with Crippen LogP contribution in [0.15, 0.2) is 90.1 Å². The molecule has 1 aliphatic rings. The number of piperidine rings is 1. The van der Waals surface area contributed by atoms with Crippen LogP contribution in [0.3, 0.4) is 0 Å². The van der Waals surface area contributed by atoms with Gasteiger partial charge in [0.25, 0.3) is 5.56 Å². The molecule has 36 heavy (non-hydrogen) atoms. The zero-order valence-electron chi connectivity index (χ0n) is 20.6. The number of likely N-dealkylation sites (tertiary alicyclic amines) is 1. The van der Waals surface area contributed by atoms with Crippen LogP contribution in [-0.4, -0.2) is 37.6 Å². The smallest absolute Gasteiger partial charge is 0.260 e. The number of hydrogen-bond acceptors (Lipinski definition) is 5. The first-order chi connectivity index (χ1) is 17.6. The van der Waals surface area contributed by atoms with E-state index >= 15 is 0 Å². The van der Waals surface area contributed by atoms with Crippen molar-refractivity contribution in [1.82, 2.24) is 19.4 Å². The van der Waals surface area contributed by atoms with E-state index in [4.69, 9.17) is 0 Å². The number of benzene rings is 1. The van der Waals surface area contributed by atoms with Crippen LogP contribution in [0.5, 0.6) is 5.75 Å². The molecule has 0 unspecified atom stereocenters. The normalized spacial score (nSPS) is 15.6. The van der Waals surface area contributed by atoms with Gasteiger partial charge in [-0.25, -0.2) is 0 Å². The van der Waals surface area contributed by atoms with Crippen molar-refractivity contribution in [2.75, 3.05) is 13.1 Å². The summed E-state index contributed by atoms with van der Waals surface area (Å²) in [6, 6.07) is 21.6. The molecule has 1 N–H and O–H groups in total. The van der Waals surface area contributed by atoms with Crippen LogP contribution in [-0.2, 0) is 13.0 Å². The maximum Gasteiger partial charge on any atom is 0.260 e. The quantitative estimate of drug-likeness (QED) is 0.414. The van der Waals surface area contributed by atoms with Crippen LogP contribution in [0.2, 0.25) is 0 Å². The van der Waals surface area contributed by atoms with Crippen molar-refractivity contribution in [3.05, 3.63) is 124 Å². The van der Waals surface area contributed by atoms with Gasteiger partial charge in [0.15, 0.2) is 0 Å². The lowest BCUT2D eigenvalue weighted by Crippen LogP contribution is -2.41. The Hall–Kier alpha value is -3.77. The van der Waals surface area contributed by atoms with E-state index < -0.39 is 0 Å². The largest absolute Gasteiger partial charge is 0.507 e. The molecule has 1 aromatic carbocycles. The van der Waals surface area contributed by atoms with E-state index in [0.29, 0.717) is 23.7 Å². The Morgan fingerprint density at radius 3 is 2.39 bits per heavy atom. The van der Waals surface area contributed by atoms with Crippen LogP contribution in [0.25, 0.3) is 0 Å². The highest BCUT2D eigenvalue weighted by atomic mass is 16.3. The predicted molar refractivity (Wildman–Crippen MR) is 141 cm³/mol. The van der Waals surface area contributed by atoms with E-state index in [9.17, 15) is 9.90 Å². The summed E-state index contributed by atoms with van der Waals surface area (Å²) in [7, 11) is 0. The summed E-state index contributed by atoms with van der Waals surface area (Å²) in [5.41, 5.74) is 4.10. The maximum absolute atomic E-state index is 13.9. The molecule has 4 aromatic rings. The summed E-state index contributed by atoms with van der Waals surface area (Å²) < 4.78 is 1.72. The molecule has 4 heterocycles. The van der Waals surface area contributed by atoms with Crippen LogP contribution in [0, 0.1) is 12.8 Å². The Morgan fingerprint density at radius 1 is 0.972 bits per heavy atom. The van der Waals surface area contributed by atoms with Crippen molar-refractivity contribution in [2.45, 2.75) is 38.8 Å². The second-order valence-electron chi connectivity index (χ2n) is 9.65. The Bertz CT molecular complexity index is 1330. The van der Waals surface area contributed by atoms with Crippen LogP contribution in [0.1, 0.15) is 47.0 Å². The van der Waals surface area contributed by atoms with E-state index in [1.54, 1.807) is 29.2 Å². The second-order valence-corrected chi connectivity index (χ2v) is 9.65. The number of hydrogen-bond donors (Lipinski definition) is 1. The Kier molecular flexibility index (Phi) is 7.23. The molecule has 184 valence electrons. The van der Waals surface area contributed by atoms with Gasteiger partial charge in [-0.15, -0.1) is 0 Å². The fraction of sp³-hybridized carbons (Fsp3) is 0.300. The molecular formula is C30H32N4O2. The SMILES string of the molecule is Cc1cc(O)c([C@H](c2ccncc2)N2CCC(Cc3ccccc3)CC2)c(=O)n1Cc1ccccn1. The lowest BCUT2D eigenvalue weighted by Gasteiger charge is -2.38. The highest BCUT2D eigenvalue weighted by Crippen LogP contribution is 2.35. The van der Waals surface area contributed by atoms with Crippen molar-refractivity contribution >= 4 is 0 Å². The molecule has 5 rings (SSSR count). The number of aromatic hydroxyl groups is 1. The summed E-state index contributed by atoms with van der Waals surface area (Å²) >= 11 is 0. The van der Waals surface area contributed by atoms with E-state index in [1.807, 2.05) is 37.3 Å². The first-order valence-electron chi connectivity index (χ1n) is 12.6. The van der Waals surface area contributed by atoms with Gasteiger partial charge in [0.1, 0.15) is 5.75 Å². The number of aromatic nitrogens is 3. The summed E-state index contributed by atoms with van der Waals surface area (Å²) in [5, 5.41) is 11.1. The van der Waals surface area contributed by atoms with Crippen molar-refractivity contribution in [1.29, 1.82) is 0 Å². The third kappa shape index (κ3) is 5.24. The molecule has 3 aromatic heterocycles. The van der Waals surface area contributed by atoms with Gasteiger partial charge in [0.05, 0.1) is 23.8 Å². The Labute approximate surface area is 211 Å². The highest BCUT2D eigenvalue weighted by Gasteiger charge is 2.32. The van der Waals surface area contributed by atoms with Gasteiger partial charge in [-0.2, -0.15) is 0 Å². The molecule has 6 nitrogen and oxygen atoms in total. The van der Waals surface area contributed by atoms with Gasteiger partial charge in [-0.05, 0) is 86.7 Å². The van der Waals surface area contributed by atoms with Crippen LogP contribution < -0.4 is 5.56 Å². The molecule has 1 aliphatic heterocycles. The monoisotopic (exact) mass is 480 g/mol. The van der Waals surface area contributed by atoms with E-state index in [1.165, 1.54) is 5.56 Å². The fourth-order valence-electron chi connectivity index (χ4n) is 5.34. The fourth-order valence-corrected chi connectivity index (χ4v) is 5.34. The molecule has 0 aliphatic carbocycles. The molecule has 1 saturated heterocycles. The topological polar surface area (TPSA) is 71.2 Å². The van der Waals surface area contributed by atoms with Crippen molar-refractivity contribution < 1.29 is 5.11 Å². The summed E-state index contributed by atoms with van der Waals surface area (Å²) in [4.78, 5) is 24.8. The Morgan fingerprint density at radius 2 is 1.69 bits per heavy atom. The molecular weight excluding hydrogens is 448 g/mol. The number of rotatable bonds is 7. The molecule has 0 spiro atoms. The number of pyridine rings is 3. The molecule has 1 fully saturated rings. The van der Waals surface area contributed by atoms with Gasteiger partial charge >= 0.3 is 0 Å². The minimum Gasteiger partial charge on any atom is -0.507 e.